The van der Waals surface area contributed by atoms with Crippen molar-refractivity contribution in [3.63, 3.8) is 0 Å². The normalized spacial score (nSPS) is 19.8. The Hall–Kier alpha value is 0.1000. The number of aliphatic hydroxyl groups is 1. The topological polar surface area (TPSA) is 23.5 Å². The predicted molar refractivity (Wildman–Crippen MR) is 76.6 cm³/mol. The van der Waals surface area contributed by atoms with Crippen molar-refractivity contribution in [1.29, 1.82) is 0 Å². The Balaban J connectivity index is 2.00. The third-order valence-corrected chi connectivity index (χ3v) is 5.41. The third kappa shape index (κ3) is 3.11. The molecule has 1 fully saturated rings. The average molecular weight is 318 g/mol. The molecule has 2 nitrogen and oxygen atoms in total. The van der Waals surface area contributed by atoms with Crippen LogP contribution in [0.2, 0.25) is 0 Å². The van der Waals surface area contributed by atoms with Gasteiger partial charge < -0.3 is 5.11 Å². The van der Waals surface area contributed by atoms with Crippen molar-refractivity contribution in [2.75, 3.05) is 13.1 Å². The van der Waals surface area contributed by atoms with Crippen molar-refractivity contribution < 1.29 is 5.11 Å². The summed E-state index contributed by atoms with van der Waals surface area (Å²) < 4.78 is 1.14. The van der Waals surface area contributed by atoms with Gasteiger partial charge in [0.2, 0.25) is 0 Å². The van der Waals surface area contributed by atoms with Gasteiger partial charge in [0.1, 0.15) is 0 Å². The predicted octanol–water partition coefficient (Wildman–Crippen LogP) is 3.29. The van der Waals surface area contributed by atoms with E-state index in [0.717, 1.165) is 23.3 Å². The molecular weight excluding hydrogens is 298 g/mol. The molecule has 1 atom stereocenters. The zero-order valence-electron chi connectivity index (χ0n) is 10.4. The first-order valence-corrected chi connectivity index (χ1v) is 7.78. The summed E-state index contributed by atoms with van der Waals surface area (Å²) in [6.45, 7) is 6.56. The molecular formula is C13H20BrNOS. The van der Waals surface area contributed by atoms with Gasteiger partial charge >= 0.3 is 0 Å². The minimum atomic E-state index is -0.300. The quantitative estimate of drug-likeness (QED) is 0.921. The molecule has 0 aliphatic carbocycles. The summed E-state index contributed by atoms with van der Waals surface area (Å²) in [5.41, 5.74) is -0.118. The summed E-state index contributed by atoms with van der Waals surface area (Å²) in [5.74, 6) is 0. The summed E-state index contributed by atoms with van der Waals surface area (Å²) >= 11 is 5.18. The number of hydrogen-bond acceptors (Lipinski definition) is 3. The third-order valence-electron chi connectivity index (χ3n) is 3.76. The first-order chi connectivity index (χ1) is 8.00. The summed E-state index contributed by atoms with van der Waals surface area (Å²) in [6.07, 6.45) is 2.98. The molecule has 2 rings (SSSR count). The molecule has 1 aliphatic rings. The monoisotopic (exact) mass is 317 g/mol. The molecule has 1 unspecified atom stereocenters. The summed E-state index contributed by atoms with van der Waals surface area (Å²) in [5, 5.41) is 10.4. The van der Waals surface area contributed by atoms with E-state index in [4.69, 9.17) is 0 Å². The van der Waals surface area contributed by atoms with Gasteiger partial charge in [0.05, 0.1) is 9.89 Å². The van der Waals surface area contributed by atoms with Crippen molar-refractivity contribution in [2.45, 2.75) is 44.8 Å². The van der Waals surface area contributed by atoms with Crippen molar-refractivity contribution in [2.24, 2.45) is 0 Å². The van der Waals surface area contributed by atoms with Gasteiger partial charge in [-0.15, -0.1) is 11.3 Å². The van der Waals surface area contributed by atoms with Crippen LogP contribution in [-0.2, 0) is 6.42 Å². The second kappa shape index (κ2) is 5.39. The van der Waals surface area contributed by atoms with Gasteiger partial charge in [0.15, 0.2) is 0 Å². The van der Waals surface area contributed by atoms with Crippen LogP contribution in [0, 0.1) is 0 Å². The van der Waals surface area contributed by atoms with Crippen LogP contribution in [0.3, 0.4) is 0 Å². The van der Waals surface area contributed by atoms with E-state index in [2.05, 4.69) is 46.8 Å². The highest BCUT2D eigenvalue weighted by Gasteiger charge is 2.35. The Morgan fingerprint density at radius 2 is 2.06 bits per heavy atom. The van der Waals surface area contributed by atoms with Crippen LogP contribution in [0.25, 0.3) is 0 Å². The molecule has 0 saturated carbocycles. The number of rotatable bonds is 4. The van der Waals surface area contributed by atoms with E-state index in [1.54, 1.807) is 11.3 Å². The fraction of sp³-hybridized carbons (Fsp3) is 0.692. The van der Waals surface area contributed by atoms with E-state index in [0.29, 0.717) is 0 Å². The molecule has 0 amide bonds. The standard InChI is InChI=1S/C13H20BrNOS/c1-13(2,15-7-3-4-8-15)11(16)9-10-5-6-12(14)17-10/h5-6,11,16H,3-4,7-9H2,1-2H3. The molecule has 96 valence electrons. The van der Waals surface area contributed by atoms with E-state index in [1.165, 1.54) is 17.7 Å². The lowest BCUT2D eigenvalue weighted by atomic mass is 9.92. The molecule has 0 bridgehead atoms. The lowest BCUT2D eigenvalue weighted by Crippen LogP contribution is -2.51. The summed E-state index contributed by atoms with van der Waals surface area (Å²) in [4.78, 5) is 3.66. The Morgan fingerprint density at radius 1 is 1.41 bits per heavy atom. The number of halogens is 1. The maximum Gasteiger partial charge on any atom is 0.0766 e. The Morgan fingerprint density at radius 3 is 2.59 bits per heavy atom. The van der Waals surface area contributed by atoms with Gasteiger partial charge in [-0.3, -0.25) is 4.90 Å². The van der Waals surface area contributed by atoms with E-state index >= 15 is 0 Å². The molecule has 2 heterocycles. The van der Waals surface area contributed by atoms with Crippen LogP contribution < -0.4 is 0 Å². The zero-order valence-corrected chi connectivity index (χ0v) is 12.9. The molecule has 1 aromatic heterocycles. The maximum absolute atomic E-state index is 10.4. The van der Waals surface area contributed by atoms with E-state index in [1.807, 2.05) is 0 Å². The Bertz CT molecular complexity index is 371. The fourth-order valence-electron chi connectivity index (χ4n) is 2.41. The molecule has 1 aliphatic heterocycles. The van der Waals surface area contributed by atoms with Gasteiger partial charge in [0, 0.05) is 16.8 Å². The Kier molecular flexibility index (Phi) is 4.29. The first-order valence-electron chi connectivity index (χ1n) is 6.17. The van der Waals surface area contributed by atoms with Gasteiger partial charge in [0.25, 0.3) is 0 Å². The SMILES string of the molecule is CC(C)(C(O)Cc1ccc(Br)s1)N1CCCC1. The Labute approximate surface area is 116 Å². The molecule has 1 aromatic rings. The highest BCUT2D eigenvalue weighted by atomic mass is 79.9. The molecule has 4 heteroatoms. The van der Waals surface area contributed by atoms with Gasteiger partial charge in [-0.05, 0) is 67.8 Å². The minimum absolute atomic E-state index is 0.118. The van der Waals surface area contributed by atoms with Crippen molar-refractivity contribution in [1.82, 2.24) is 4.90 Å². The molecule has 0 spiro atoms. The number of hydrogen-bond donors (Lipinski definition) is 1. The lowest BCUT2D eigenvalue weighted by Gasteiger charge is -2.39. The summed E-state index contributed by atoms with van der Waals surface area (Å²) in [6, 6.07) is 4.15. The van der Waals surface area contributed by atoms with E-state index in [-0.39, 0.29) is 11.6 Å². The fourth-order valence-corrected chi connectivity index (χ4v) is 3.93. The second-order valence-electron chi connectivity index (χ2n) is 5.27. The second-order valence-corrected chi connectivity index (χ2v) is 7.82. The highest BCUT2D eigenvalue weighted by Crippen LogP contribution is 2.29. The molecule has 0 aromatic carbocycles. The first kappa shape index (κ1) is 13.5. The molecule has 0 radical (unpaired) electrons. The van der Waals surface area contributed by atoms with Crippen LogP contribution in [-0.4, -0.2) is 34.7 Å². The number of likely N-dealkylation sites (tertiary alicyclic amines) is 1. The average Bonchev–Trinajstić information content (AvgIpc) is 2.89. The van der Waals surface area contributed by atoms with Crippen molar-refractivity contribution >= 4 is 27.3 Å². The van der Waals surface area contributed by atoms with Crippen LogP contribution >= 0.6 is 27.3 Å². The molecule has 1 saturated heterocycles. The van der Waals surface area contributed by atoms with E-state index in [9.17, 15) is 5.11 Å². The van der Waals surface area contributed by atoms with E-state index < -0.39 is 0 Å². The van der Waals surface area contributed by atoms with Crippen LogP contribution in [0.4, 0.5) is 0 Å². The number of aliphatic hydroxyl groups excluding tert-OH is 1. The molecule has 1 N–H and O–H groups in total. The maximum atomic E-state index is 10.4. The van der Waals surface area contributed by atoms with Crippen LogP contribution in [0.15, 0.2) is 15.9 Å². The van der Waals surface area contributed by atoms with Crippen LogP contribution in [0.5, 0.6) is 0 Å². The highest BCUT2D eigenvalue weighted by molar-refractivity contribution is 9.11. The van der Waals surface area contributed by atoms with Gasteiger partial charge in [-0.25, -0.2) is 0 Å². The number of thiophene rings is 1. The minimum Gasteiger partial charge on any atom is -0.391 e. The lowest BCUT2D eigenvalue weighted by molar-refractivity contribution is 0.00381. The van der Waals surface area contributed by atoms with Crippen molar-refractivity contribution in [3.05, 3.63) is 20.8 Å². The number of nitrogens with zero attached hydrogens (tertiary/aromatic N) is 1. The van der Waals surface area contributed by atoms with Crippen LogP contribution in [0.1, 0.15) is 31.6 Å². The smallest absolute Gasteiger partial charge is 0.0766 e. The van der Waals surface area contributed by atoms with Gasteiger partial charge in [-0.2, -0.15) is 0 Å². The largest absolute Gasteiger partial charge is 0.391 e. The van der Waals surface area contributed by atoms with Crippen molar-refractivity contribution in [3.8, 4) is 0 Å². The molecule has 17 heavy (non-hydrogen) atoms. The summed E-state index contributed by atoms with van der Waals surface area (Å²) in [7, 11) is 0. The zero-order chi connectivity index (χ0) is 12.5. The van der Waals surface area contributed by atoms with Gasteiger partial charge in [-0.1, -0.05) is 0 Å².